The molecule has 1 aromatic carbocycles. The number of nitrogen functional groups attached to an aromatic ring is 1. The number of carbonyl (C=O) groups is 1. The summed E-state index contributed by atoms with van der Waals surface area (Å²) in [7, 11) is 0. The van der Waals surface area contributed by atoms with Crippen LogP contribution in [0.2, 0.25) is 5.15 Å². The van der Waals surface area contributed by atoms with Crippen LogP contribution in [0.1, 0.15) is 15.9 Å². The Hall–Kier alpha value is -2.62. The van der Waals surface area contributed by atoms with Crippen LogP contribution in [0.4, 0.5) is 11.5 Å². The minimum absolute atomic E-state index is 0.167. The van der Waals surface area contributed by atoms with Crippen LogP contribution in [-0.2, 0) is 6.42 Å². The number of benzene rings is 1. The minimum atomic E-state index is -0.330. The molecule has 1 aromatic heterocycles. The lowest BCUT2D eigenvalue weighted by atomic mass is 10.1. The maximum Gasteiger partial charge on any atom is 0.255 e. The third-order valence-corrected chi connectivity index (χ3v) is 2.89. The fourth-order valence-corrected chi connectivity index (χ4v) is 1.91. The van der Waals surface area contributed by atoms with Crippen molar-refractivity contribution in [3.8, 4) is 6.07 Å². The van der Waals surface area contributed by atoms with Crippen molar-refractivity contribution in [1.82, 2.24) is 4.98 Å². The number of aromatic nitrogens is 1. The number of nitrogens with one attached hydrogen (secondary N) is 2. The quantitative estimate of drug-likeness (QED) is 0.457. The maximum absolute atomic E-state index is 12.1. The van der Waals surface area contributed by atoms with Crippen molar-refractivity contribution in [1.29, 1.82) is 5.26 Å². The van der Waals surface area contributed by atoms with E-state index in [9.17, 15) is 4.79 Å². The molecule has 1 heterocycles. The third kappa shape index (κ3) is 3.92. The molecule has 0 saturated carbocycles. The molecule has 21 heavy (non-hydrogen) atoms. The molecule has 0 saturated heterocycles. The van der Waals surface area contributed by atoms with Gasteiger partial charge in [0.25, 0.3) is 5.91 Å². The maximum atomic E-state index is 12.1. The van der Waals surface area contributed by atoms with E-state index in [4.69, 9.17) is 22.7 Å². The van der Waals surface area contributed by atoms with E-state index >= 15 is 0 Å². The Morgan fingerprint density at radius 1 is 1.33 bits per heavy atom. The van der Waals surface area contributed by atoms with Crippen molar-refractivity contribution in [2.45, 2.75) is 6.42 Å². The average Bonchev–Trinajstić information content (AvgIpc) is 2.48. The third-order valence-electron chi connectivity index (χ3n) is 2.70. The molecule has 0 bridgehead atoms. The fraction of sp³-hybridized carbons (Fsp3) is 0.0714. The highest BCUT2D eigenvalue weighted by Gasteiger charge is 2.09. The van der Waals surface area contributed by atoms with Crippen molar-refractivity contribution >= 4 is 29.0 Å². The van der Waals surface area contributed by atoms with Gasteiger partial charge in [0.2, 0.25) is 0 Å². The molecule has 6 nitrogen and oxygen atoms in total. The van der Waals surface area contributed by atoms with Gasteiger partial charge >= 0.3 is 0 Å². The number of halogens is 1. The summed E-state index contributed by atoms with van der Waals surface area (Å²) in [4.78, 5) is 16.0. The Balaban J connectivity index is 2.14. The Kier molecular flexibility index (Phi) is 4.72. The number of pyridine rings is 1. The summed E-state index contributed by atoms with van der Waals surface area (Å²) in [6, 6.07) is 12.0. The molecule has 106 valence electrons. The Bertz CT molecular complexity index is 694. The summed E-state index contributed by atoms with van der Waals surface area (Å²) in [5, 5.41) is 11.5. The van der Waals surface area contributed by atoms with E-state index in [1.165, 1.54) is 12.1 Å². The van der Waals surface area contributed by atoms with Gasteiger partial charge in [0.15, 0.2) is 0 Å². The van der Waals surface area contributed by atoms with Gasteiger partial charge in [0.05, 0.1) is 12.5 Å². The van der Waals surface area contributed by atoms with Gasteiger partial charge in [-0.05, 0) is 29.8 Å². The fourth-order valence-electron chi connectivity index (χ4n) is 1.70. The number of nitrogens with two attached hydrogens (primary N) is 1. The standard InChI is InChI=1S/C14H12ClN5O/c15-12-7-10(8-13(19-12)20-17)14(21)18-11-3-1-9(2-4-11)5-6-16/h1-4,7-8H,5,17H2,(H,18,21)(H,19,20). The van der Waals surface area contributed by atoms with Gasteiger partial charge in [-0.25, -0.2) is 10.8 Å². The van der Waals surface area contributed by atoms with Crippen molar-refractivity contribution in [3.05, 3.63) is 52.7 Å². The van der Waals surface area contributed by atoms with Crippen molar-refractivity contribution < 1.29 is 4.79 Å². The van der Waals surface area contributed by atoms with Crippen LogP contribution in [0.5, 0.6) is 0 Å². The van der Waals surface area contributed by atoms with Crippen molar-refractivity contribution in [2.24, 2.45) is 5.84 Å². The monoisotopic (exact) mass is 301 g/mol. The van der Waals surface area contributed by atoms with E-state index in [0.29, 0.717) is 23.5 Å². The van der Waals surface area contributed by atoms with Gasteiger partial charge in [-0.15, -0.1) is 0 Å². The lowest BCUT2D eigenvalue weighted by molar-refractivity contribution is 0.102. The van der Waals surface area contributed by atoms with Crippen LogP contribution in [-0.4, -0.2) is 10.9 Å². The van der Waals surface area contributed by atoms with Crippen molar-refractivity contribution in [3.63, 3.8) is 0 Å². The molecule has 2 rings (SSSR count). The number of nitriles is 1. The zero-order chi connectivity index (χ0) is 15.2. The predicted octanol–water partition coefficient (Wildman–Crippen LogP) is 2.34. The Morgan fingerprint density at radius 3 is 2.67 bits per heavy atom. The highest BCUT2D eigenvalue weighted by Crippen LogP contribution is 2.16. The van der Waals surface area contributed by atoms with E-state index in [1.807, 2.05) is 0 Å². The van der Waals surface area contributed by atoms with Gasteiger partial charge < -0.3 is 10.7 Å². The molecule has 0 spiro atoms. The van der Waals surface area contributed by atoms with Crippen molar-refractivity contribution in [2.75, 3.05) is 10.7 Å². The number of amides is 1. The van der Waals surface area contributed by atoms with E-state index in [1.54, 1.807) is 24.3 Å². The zero-order valence-electron chi connectivity index (χ0n) is 10.9. The summed E-state index contributed by atoms with van der Waals surface area (Å²) < 4.78 is 0. The number of anilines is 2. The lowest BCUT2D eigenvalue weighted by Crippen LogP contribution is -2.14. The van der Waals surface area contributed by atoms with Crippen LogP contribution in [0, 0.1) is 11.3 Å². The molecule has 0 aliphatic heterocycles. The van der Waals surface area contributed by atoms with E-state index in [2.05, 4.69) is 21.8 Å². The summed E-state index contributed by atoms with van der Waals surface area (Å²) >= 11 is 5.81. The van der Waals surface area contributed by atoms with Crippen LogP contribution >= 0.6 is 11.6 Å². The summed E-state index contributed by atoms with van der Waals surface area (Å²) in [6.07, 6.45) is 0.333. The molecule has 0 fully saturated rings. The smallest absolute Gasteiger partial charge is 0.255 e. The molecule has 7 heteroatoms. The molecule has 4 N–H and O–H groups in total. The summed E-state index contributed by atoms with van der Waals surface area (Å²) in [5.41, 5.74) is 4.19. The number of hydrogen-bond acceptors (Lipinski definition) is 5. The number of nitrogens with zero attached hydrogens (tertiary/aromatic N) is 2. The first-order chi connectivity index (χ1) is 10.1. The molecule has 2 aromatic rings. The molecule has 0 radical (unpaired) electrons. The van der Waals surface area contributed by atoms with Gasteiger partial charge in [0.1, 0.15) is 11.0 Å². The largest absolute Gasteiger partial charge is 0.322 e. The van der Waals surface area contributed by atoms with Crippen LogP contribution in [0.25, 0.3) is 0 Å². The molecular formula is C14H12ClN5O. The molecular weight excluding hydrogens is 290 g/mol. The number of hydrogen-bond donors (Lipinski definition) is 3. The molecule has 0 aliphatic rings. The van der Waals surface area contributed by atoms with Crippen LogP contribution < -0.4 is 16.6 Å². The number of rotatable bonds is 4. The summed E-state index contributed by atoms with van der Waals surface area (Å²) in [5.74, 6) is 5.23. The second-order valence-electron chi connectivity index (χ2n) is 4.19. The van der Waals surface area contributed by atoms with Crippen LogP contribution in [0.15, 0.2) is 36.4 Å². The van der Waals surface area contributed by atoms with E-state index in [0.717, 1.165) is 5.56 Å². The number of carbonyl (C=O) groups excluding carboxylic acids is 1. The first kappa shape index (κ1) is 14.8. The molecule has 0 atom stereocenters. The SMILES string of the molecule is N#CCc1ccc(NC(=O)c2cc(Cl)nc(NN)c2)cc1. The minimum Gasteiger partial charge on any atom is -0.322 e. The molecule has 0 aliphatic carbocycles. The van der Waals surface area contributed by atoms with Gasteiger partial charge in [-0.3, -0.25) is 4.79 Å². The van der Waals surface area contributed by atoms with E-state index < -0.39 is 0 Å². The first-order valence-electron chi connectivity index (χ1n) is 6.04. The first-order valence-corrected chi connectivity index (χ1v) is 6.41. The second kappa shape index (κ2) is 6.70. The van der Waals surface area contributed by atoms with Crippen LogP contribution in [0.3, 0.4) is 0 Å². The Labute approximate surface area is 126 Å². The van der Waals surface area contributed by atoms with Gasteiger partial charge in [-0.2, -0.15) is 5.26 Å². The number of hydrazine groups is 1. The van der Waals surface area contributed by atoms with Gasteiger partial charge in [0, 0.05) is 11.3 Å². The average molecular weight is 302 g/mol. The van der Waals surface area contributed by atoms with E-state index in [-0.39, 0.29) is 11.1 Å². The predicted molar refractivity (Wildman–Crippen MR) is 80.8 cm³/mol. The normalized spacial score (nSPS) is 9.76. The topological polar surface area (TPSA) is 104 Å². The zero-order valence-corrected chi connectivity index (χ0v) is 11.7. The highest BCUT2D eigenvalue weighted by molar-refractivity contribution is 6.30. The van der Waals surface area contributed by atoms with Gasteiger partial charge in [-0.1, -0.05) is 23.7 Å². The highest BCUT2D eigenvalue weighted by atomic mass is 35.5. The second-order valence-corrected chi connectivity index (χ2v) is 4.58. The Morgan fingerprint density at radius 2 is 2.05 bits per heavy atom. The summed E-state index contributed by atoms with van der Waals surface area (Å²) in [6.45, 7) is 0. The molecule has 1 amide bonds. The molecule has 0 unspecified atom stereocenters. The lowest BCUT2D eigenvalue weighted by Gasteiger charge is -2.07.